The maximum atomic E-state index is 12.9. The lowest BCUT2D eigenvalue weighted by Gasteiger charge is -2.12. The Morgan fingerprint density at radius 2 is 1.84 bits per heavy atom. The summed E-state index contributed by atoms with van der Waals surface area (Å²) in [4.78, 5) is 15.8. The number of hydrogen-bond acceptors (Lipinski definition) is 2. The average Bonchev–Trinajstić information content (AvgIpc) is 2.37. The van der Waals surface area contributed by atoms with E-state index in [0.717, 1.165) is 12.1 Å². The fourth-order valence-corrected chi connectivity index (χ4v) is 1.88. The Kier molecular flexibility index (Phi) is 3.57. The van der Waals surface area contributed by atoms with Crippen LogP contribution >= 0.6 is 11.6 Å². The highest BCUT2D eigenvalue weighted by molar-refractivity contribution is 6.35. The van der Waals surface area contributed by atoms with Crippen molar-refractivity contribution >= 4 is 17.4 Å². The zero-order valence-electron chi connectivity index (χ0n) is 9.41. The molecular weight excluding hydrogens is 279 g/mol. The lowest BCUT2D eigenvalue weighted by atomic mass is 10.0. The lowest BCUT2D eigenvalue weighted by molar-refractivity contribution is -0.137. The van der Waals surface area contributed by atoms with Gasteiger partial charge in [0.15, 0.2) is 0 Å². The number of rotatable bonds is 2. The number of halogens is 4. The number of alkyl halides is 3. The molecule has 2 rings (SSSR count). The van der Waals surface area contributed by atoms with Crippen molar-refractivity contribution in [1.29, 1.82) is 0 Å². The van der Waals surface area contributed by atoms with Crippen LogP contribution in [-0.2, 0) is 6.18 Å². The molecule has 0 N–H and O–H groups in total. The number of carbonyl (C=O) groups is 1. The Hall–Kier alpha value is -1.88. The van der Waals surface area contributed by atoms with Crippen molar-refractivity contribution in [2.75, 3.05) is 0 Å². The van der Waals surface area contributed by atoms with Crippen LogP contribution in [0.25, 0.3) is 0 Å². The van der Waals surface area contributed by atoms with Gasteiger partial charge >= 0.3 is 6.18 Å². The van der Waals surface area contributed by atoms with Crippen LogP contribution < -0.4 is 0 Å². The molecule has 0 atom stereocenters. The van der Waals surface area contributed by atoms with Crippen LogP contribution in [0.1, 0.15) is 21.6 Å². The second kappa shape index (κ2) is 5.01. The molecule has 0 saturated carbocycles. The Labute approximate surface area is 111 Å². The minimum atomic E-state index is -4.65. The molecule has 0 aliphatic heterocycles. The quantitative estimate of drug-likeness (QED) is 0.781. The molecule has 0 saturated heterocycles. The molecule has 6 heteroatoms. The first-order chi connectivity index (χ1) is 8.91. The summed E-state index contributed by atoms with van der Waals surface area (Å²) in [7, 11) is 0. The van der Waals surface area contributed by atoms with E-state index in [2.05, 4.69) is 4.98 Å². The van der Waals surface area contributed by atoms with E-state index >= 15 is 0 Å². The van der Waals surface area contributed by atoms with Crippen molar-refractivity contribution in [2.24, 2.45) is 0 Å². The Bertz CT molecular complexity index is 611. The van der Waals surface area contributed by atoms with Gasteiger partial charge in [0.05, 0.1) is 16.1 Å². The van der Waals surface area contributed by atoms with Crippen LogP contribution in [0.15, 0.2) is 42.6 Å². The van der Waals surface area contributed by atoms with Gasteiger partial charge in [0.2, 0.25) is 5.78 Å². The van der Waals surface area contributed by atoms with E-state index in [0.29, 0.717) is 0 Å². The number of aromatic nitrogens is 1. The summed E-state index contributed by atoms with van der Waals surface area (Å²) in [6.07, 6.45) is -3.32. The molecule has 2 nitrogen and oxygen atoms in total. The summed E-state index contributed by atoms with van der Waals surface area (Å²) in [6.45, 7) is 0. The standard InChI is InChI=1S/C13H7ClF3NO/c14-9-5-3-4-8(13(15,16)17)11(9)12(19)10-6-1-2-7-18-10/h1-7H. The second-order valence-electron chi connectivity index (χ2n) is 3.70. The fourth-order valence-electron chi connectivity index (χ4n) is 1.62. The highest BCUT2D eigenvalue weighted by Gasteiger charge is 2.36. The number of hydrogen-bond donors (Lipinski definition) is 0. The summed E-state index contributed by atoms with van der Waals surface area (Å²) >= 11 is 5.73. The van der Waals surface area contributed by atoms with Gasteiger partial charge in [-0.15, -0.1) is 0 Å². The van der Waals surface area contributed by atoms with Crippen molar-refractivity contribution in [3.8, 4) is 0 Å². The normalized spacial score (nSPS) is 11.4. The topological polar surface area (TPSA) is 30.0 Å². The first-order valence-corrected chi connectivity index (χ1v) is 5.60. The number of ketones is 1. The molecular formula is C13H7ClF3NO. The van der Waals surface area contributed by atoms with Crippen LogP contribution in [0.5, 0.6) is 0 Å². The molecule has 98 valence electrons. The van der Waals surface area contributed by atoms with Crippen LogP contribution in [-0.4, -0.2) is 10.8 Å². The molecule has 0 bridgehead atoms. The van der Waals surface area contributed by atoms with Gasteiger partial charge in [0.1, 0.15) is 5.69 Å². The summed E-state index contributed by atoms with van der Waals surface area (Å²) < 4.78 is 38.6. The monoisotopic (exact) mass is 285 g/mol. The first kappa shape index (κ1) is 13.5. The molecule has 0 aliphatic rings. The van der Waals surface area contributed by atoms with E-state index in [9.17, 15) is 18.0 Å². The van der Waals surface area contributed by atoms with Gasteiger partial charge in [-0.3, -0.25) is 9.78 Å². The molecule has 1 heterocycles. The smallest absolute Gasteiger partial charge is 0.287 e. The van der Waals surface area contributed by atoms with E-state index in [4.69, 9.17) is 11.6 Å². The summed E-state index contributed by atoms with van der Waals surface area (Å²) in [5.41, 5.74) is -1.72. The predicted molar refractivity (Wildman–Crippen MR) is 64.1 cm³/mol. The van der Waals surface area contributed by atoms with Crippen LogP contribution in [0.2, 0.25) is 5.02 Å². The Balaban J connectivity index is 2.60. The third kappa shape index (κ3) is 2.76. The van der Waals surface area contributed by atoms with Crippen molar-refractivity contribution in [2.45, 2.75) is 6.18 Å². The minimum Gasteiger partial charge on any atom is -0.287 e. The van der Waals surface area contributed by atoms with Crippen molar-refractivity contribution in [1.82, 2.24) is 4.98 Å². The first-order valence-electron chi connectivity index (χ1n) is 5.22. The van der Waals surface area contributed by atoms with Crippen molar-refractivity contribution in [3.05, 3.63) is 64.4 Å². The molecule has 0 fully saturated rings. The summed E-state index contributed by atoms with van der Waals surface area (Å²) in [6, 6.07) is 7.64. The number of nitrogens with zero attached hydrogens (tertiary/aromatic N) is 1. The van der Waals surface area contributed by atoms with Crippen LogP contribution in [0, 0.1) is 0 Å². The van der Waals surface area contributed by atoms with E-state index in [-0.39, 0.29) is 10.7 Å². The highest BCUT2D eigenvalue weighted by atomic mass is 35.5. The minimum absolute atomic E-state index is 0.0823. The highest BCUT2D eigenvalue weighted by Crippen LogP contribution is 2.35. The van der Waals surface area contributed by atoms with Gasteiger partial charge in [0, 0.05) is 6.20 Å². The van der Waals surface area contributed by atoms with Gasteiger partial charge in [0.25, 0.3) is 0 Å². The number of pyridine rings is 1. The maximum Gasteiger partial charge on any atom is 0.417 e. The fraction of sp³-hybridized carbons (Fsp3) is 0.0769. The molecule has 0 unspecified atom stereocenters. The van der Waals surface area contributed by atoms with E-state index < -0.39 is 23.1 Å². The van der Waals surface area contributed by atoms with E-state index in [1.165, 1.54) is 24.4 Å². The molecule has 0 aliphatic carbocycles. The zero-order valence-corrected chi connectivity index (χ0v) is 10.2. The van der Waals surface area contributed by atoms with Gasteiger partial charge in [-0.05, 0) is 24.3 Å². The molecule has 1 aromatic carbocycles. The average molecular weight is 286 g/mol. The predicted octanol–water partition coefficient (Wildman–Crippen LogP) is 3.98. The Morgan fingerprint density at radius 3 is 2.42 bits per heavy atom. The van der Waals surface area contributed by atoms with Gasteiger partial charge in [-0.2, -0.15) is 13.2 Å². The van der Waals surface area contributed by atoms with E-state index in [1.807, 2.05) is 0 Å². The summed E-state index contributed by atoms with van der Waals surface area (Å²) in [5.74, 6) is -0.849. The third-order valence-electron chi connectivity index (χ3n) is 2.44. The van der Waals surface area contributed by atoms with Crippen molar-refractivity contribution in [3.63, 3.8) is 0 Å². The molecule has 1 aromatic heterocycles. The van der Waals surface area contributed by atoms with Gasteiger partial charge in [-0.1, -0.05) is 23.7 Å². The molecule has 19 heavy (non-hydrogen) atoms. The molecule has 0 amide bonds. The summed E-state index contributed by atoms with van der Waals surface area (Å²) in [5, 5.41) is -0.245. The molecule has 2 aromatic rings. The second-order valence-corrected chi connectivity index (χ2v) is 4.11. The van der Waals surface area contributed by atoms with E-state index in [1.54, 1.807) is 6.07 Å². The number of carbonyl (C=O) groups excluding carboxylic acids is 1. The Morgan fingerprint density at radius 1 is 1.11 bits per heavy atom. The lowest BCUT2D eigenvalue weighted by Crippen LogP contribution is -2.15. The third-order valence-corrected chi connectivity index (χ3v) is 2.76. The zero-order chi connectivity index (χ0) is 14.0. The van der Waals surface area contributed by atoms with Gasteiger partial charge in [-0.25, -0.2) is 0 Å². The maximum absolute atomic E-state index is 12.9. The molecule has 0 spiro atoms. The largest absolute Gasteiger partial charge is 0.417 e. The number of benzene rings is 1. The van der Waals surface area contributed by atoms with Crippen LogP contribution in [0.3, 0.4) is 0 Å². The molecule has 0 radical (unpaired) electrons. The van der Waals surface area contributed by atoms with Crippen molar-refractivity contribution < 1.29 is 18.0 Å². The van der Waals surface area contributed by atoms with Gasteiger partial charge < -0.3 is 0 Å². The SMILES string of the molecule is O=C(c1ccccn1)c1c(Cl)cccc1C(F)(F)F. The van der Waals surface area contributed by atoms with Crippen LogP contribution in [0.4, 0.5) is 13.2 Å².